The zero-order valence-corrected chi connectivity index (χ0v) is 7.60. The van der Waals surface area contributed by atoms with Gasteiger partial charge in [-0.2, -0.15) is 4.39 Å². The van der Waals surface area contributed by atoms with Gasteiger partial charge in [-0.1, -0.05) is 18.2 Å². The van der Waals surface area contributed by atoms with Gasteiger partial charge >= 0.3 is 0 Å². The van der Waals surface area contributed by atoms with Gasteiger partial charge in [0.25, 0.3) is 0 Å². The quantitative estimate of drug-likeness (QED) is 0.659. The molecule has 0 bridgehead atoms. The maximum Gasteiger partial charge on any atom is 0.242 e. The van der Waals surface area contributed by atoms with E-state index in [4.69, 9.17) is 4.74 Å². The monoisotopic (exact) mass is 168 g/mol. The largest absolute Gasteiger partial charge is 0.458 e. The van der Waals surface area contributed by atoms with Crippen LogP contribution in [0.2, 0.25) is 0 Å². The van der Waals surface area contributed by atoms with Crippen molar-refractivity contribution in [3.05, 3.63) is 29.8 Å². The number of ether oxygens (including phenoxy) is 1. The number of rotatable bonds is 2. The van der Waals surface area contributed by atoms with Gasteiger partial charge in [-0.25, -0.2) is 0 Å². The summed E-state index contributed by atoms with van der Waals surface area (Å²) in [6, 6.07) is 7.37. The van der Waals surface area contributed by atoms with E-state index < -0.39 is 5.85 Å². The Kier molecular flexibility index (Phi) is 2.36. The third-order valence-corrected chi connectivity index (χ3v) is 1.45. The highest BCUT2D eigenvalue weighted by molar-refractivity contribution is 5.31. The van der Waals surface area contributed by atoms with E-state index >= 15 is 0 Å². The van der Waals surface area contributed by atoms with Crippen LogP contribution in [0.3, 0.4) is 0 Å². The molecule has 0 amide bonds. The summed E-state index contributed by atoms with van der Waals surface area (Å²) in [6.07, 6.45) is 0. The zero-order valence-electron chi connectivity index (χ0n) is 7.60. The Balaban J connectivity index is 2.83. The van der Waals surface area contributed by atoms with Gasteiger partial charge in [-0.05, 0) is 18.6 Å². The minimum atomic E-state index is -1.61. The number of halogens is 1. The van der Waals surface area contributed by atoms with E-state index in [1.54, 1.807) is 6.07 Å². The van der Waals surface area contributed by atoms with Crippen LogP contribution in [0, 0.1) is 6.92 Å². The van der Waals surface area contributed by atoms with E-state index in [2.05, 4.69) is 0 Å². The van der Waals surface area contributed by atoms with Crippen molar-refractivity contribution in [3.8, 4) is 5.75 Å². The minimum Gasteiger partial charge on any atom is -0.458 e. The van der Waals surface area contributed by atoms with Crippen molar-refractivity contribution in [2.75, 3.05) is 0 Å². The number of hydrogen-bond acceptors (Lipinski definition) is 1. The lowest BCUT2D eigenvalue weighted by Crippen LogP contribution is -2.21. The lowest BCUT2D eigenvalue weighted by molar-refractivity contribution is -0.0262. The summed E-state index contributed by atoms with van der Waals surface area (Å²) in [5.74, 6) is -1.00. The first-order valence-electron chi connectivity index (χ1n) is 3.92. The maximum atomic E-state index is 13.0. The molecule has 12 heavy (non-hydrogen) atoms. The Labute approximate surface area is 72.2 Å². The van der Waals surface area contributed by atoms with Gasteiger partial charge < -0.3 is 4.74 Å². The summed E-state index contributed by atoms with van der Waals surface area (Å²) in [5.41, 5.74) is 0.947. The minimum absolute atomic E-state index is 0.602. The van der Waals surface area contributed by atoms with E-state index in [1.165, 1.54) is 13.8 Å². The van der Waals surface area contributed by atoms with Crippen LogP contribution < -0.4 is 4.74 Å². The van der Waals surface area contributed by atoms with Crippen molar-refractivity contribution in [2.24, 2.45) is 0 Å². The number of alkyl halides is 1. The summed E-state index contributed by atoms with van der Waals surface area (Å²) in [7, 11) is 0. The fourth-order valence-corrected chi connectivity index (χ4v) is 0.932. The molecule has 66 valence electrons. The molecular formula is C10H13FO. The van der Waals surface area contributed by atoms with Gasteiger partial charge in [0.1, 0.15) is 5.75 Å². The van der Waals surface area contributed by atoms with Crippen molar-refractivity contribution >= 4 is 0 Å². The van der Waals surface area contributed by atoms with Gasteiger partial charge in [0.2, 0.25) is 5.85 Å². The van der Waals surface area contributed by atoms with Crippen LogP contribution in [0.1, 0.15) is 19.4 Å². The average molecular weight is 168 g/mol. The molecule has 0 aliphatic rings. The Morgan fingerprint density at radius 3 is 2.33 bits per heavy atom. The molecule has 2 heteroatoms. The Morgan fingerprint density at radius 2 is 1.83 bits per heavy atom. The predicted molar refractivity (Wildman–Crippen MR) is 47.0 cm³/mol. The van der Waals surface area contributed by atoms with Gasteiger partial charge in [0.15, 0.2) is 0 Å². The fourth-order valence-electron chi connectivity index (χ4n) is 0.932. The molecule has 0 radical (unpaired) electrons. The van der Waals surface area contributed by atoms with E-state index in [1.807, 2.05) is 25.1 Å². The Bertz CT molecular complexity index is 263. The second-order valence-electron chi connectivity index (χ2n) is 3.23. The molecule has 0 fully saturated rings. The molecule has 1 nitrogen and oxygen atoms in total. The summed E-state index contributed by atoms with van der Waals surface area (Å²) in [4.78, 5) is 0. The first-order valence-corrected chi connectivity index (χ1v) is 3.92. The predicted octanol–water partition coefficient (Wildman–Crippen LogP) is 3.08. The topological polar surface area (TPSA) is 9.23 Å². The summed E-state index contributed by atoms with van der Waals surface area (Å²) < 4.78 is 18.1. The highest BCUT2D eigenvalue weighted by Crippen LogP contribution is 2.22. The molecule has 0 heterocycles. The zero-order chi connectivity index (χ0) is 9.19. The molecule has 0 unspecified atom stereocenters. The lowest BCUT2D eigenvalue weighted by Gasteiger charge is -2.18. The molecular weight excluding hydrogens is 155 g/mol. The molecule has 0 aliphatic heterocycles. The second-order valence-corrected chi connectivity index (χ2v) is 3.23. The number of hydrogen-bond donors (Lipinski definition) is 0. The normalized spacial score (nSPS) is 11.3. The maximum absolute atomic E-state index is 13.0. The van der Waals surface area contributed by atoms with Crippen LogP contribution in [0.5, 0.6) is 5.75 Å². The van der Waals surface area contributed by atoms with E-state index in [-0.39, 0.29) is 0 Å². The van der Waals surface area contributed by atoms with E-state index in [0.717, 1.165) is 5.56 Å². The molecule has 1 aromatic carbocycles. The summed E-state index contributed by atoms with van der Waals surface area (Å²) in [6.45, 7) is 4.67. The first kappa shape index (κ1) is 9.04. The van der Waals surface area contributed by atoms with Crippen LogP contribution in [-0.2, 0) is 0 Å². The van der Waals surface area contributed by atoms with Crippen LogP contribution in [0.15, 0.2) is 24.3 Å². The number of para-hydroxylation sites is 1. The fraction of sp³-hybridized carbons (Fsp3) is 0.400. The molecule has 1 aromatic rings. The number of aryl methyl sites for hydroxylation is 1. The SMILES string of the molecule is Cc1ccccc1OC(C)(C)F. The second kappa shape index (κ2) is 3.13. The Morgan fingerprint density at radius 1 is 1.25 bits per heavy atom. The third kappa shape index (κ3) is 2.53. The summed E-state index contributed by atoms with van der Waals surface area (Å²) >= 11 is 0. The third-order valence-electron chi connectivity index (χ3n) is 1.45. The van der Waals surface area contributed by atoms with Gasteiger partial charge in [0, 0.05) is 13.8 Å². The molecule has 0 atom stereocenters. The van der Waals surface area contributed by atoms with Crippen molar-refractivity contribution in [1.29, 1.82) is 0 Å². The van der Waals surface area contributed by atoms with Crippen molar-refractivity contribution < 1.29 is 9.13 Å². The van der Waals surface area contributed by atoms with Crippen LogP contribution >= 0.6 is 0 Å². The lowest BCUT2D eigenvalue weighted by atomic mass is 10.2. The van der Waals surface area contributed by atoms with Gasteiger partial charge in [-0.3, -0.25) is 0 Å². The highest BCUT2D eigenvalue weighted by Gasteiger charge is 2.17. The van der Waals surface area contributed by atoms with Gasteiger partial charge in [-0.15, -0.1) is 0 Å². The van der Waals surface area contributed by atoms with Crippen molar-refractivity contribution in [2.45, 2.75) is 26.6 Å². The van der Waals surface area contributed by atoms with Crippen LogP contribution in [-0.4, -0.2) is 5.85 Å². The van der Waals surface area contributed by atoms with Crippen molar-refractivity contribution in [3.63, 3.8) is 0 Å². The molecule has 0 aliphatic carbocycles. The van der Waals surface area contributed by atoms with Gasteiger partial charge in [0.05, 0.1) is 0 Å². The molecule has 0 aromatic heterocycles. The molecule has 0 N–H and O–H groups in total. The smallest absolute Gasteiger partial charge is 0.242 e. The summed E-state index contributed by atoms with van der Waals surface area (Å²) in [5, 5.41) is 0. The first-order chi connectivity index (χ1) is 5.49. The number of benzene rings is 1. The Hall–Kier alpha value is -1.05. The van der Waals surface area contributed by atoms with Crippen LogP contribution in [0.25, 0.3) is 0 Å². The highest BCUT2D eigenvalue weighted by atomic mass is 19.2. The molecule has 0 saturated carbocycles. The molecule has 1 rings (SSSR count). The van der Waals surface area contributed by atoms with E-state index in [0.29, 0.717) is 5.75 Å². The molecule has 0 spiro atoms. The standard InChI is InChI=1S/C10H13FO/c1-8-6-4-5-7-9(8)12-10(2,3)11/h4-7H,1-3H3. The average Bonchev–Trinajstić information content (AvgIpc) is 1.91. The molecule has 0 saturated heterocycles. The van der Waals surface area contributed by atoms with E-state index in [9.17, 15) is 4.39 Å². The van der Waals surface area contributed by atoms with Crippen molar-refractivity contribution in [1.82, 2.24) is 0 Å². The van der Waals surface area contributed by atoms with Crippen LogP contribution in [0.4, 0.5) is 4.39 Å².